The van der Waals surface area contributed by atoms with E-state index < -0.39 is 0 Å². The Morgan fingerprint density at radius 2 is 2.50 bits per heavy atom. The SMILES string of the molecule is C1=NNC2=CSSSSC12. The molecule has 1 unspecified atom stereocenters. The highest BCUT2D eigenvalue weighted by atomic mass is 33.7. The van der Waals surface area contributed by atoms with Crippen molar-refractivity contribution < 1.29 is 0 Å². The van der Waals surface area contributed by atoms with Gasteiger partial charge < -0.3 is 0 Å². The molecule has 1 atom stereocenters. The van der Waals surface area contributed by atoms with Crippen LogP contribution in [0.1, 0.15) is 0 Å². The van der Waals surface area contributed by atoms with Crippen LogP contribution in [-0.4, -0.2) is 11.5 Å². The maximum absolute atomic E-state index is 3.97. The van der Waals surface area contributed by atoms with Gasteiger partial charge in [0.15, 0.2) is 0 Å². The largest absolute Gasteiger partial charge is 0.281 e. The zero-order valence-electron chi connectivity index (χ0n) is 4.81. The molecule has 2 rings (SSSR count). The van der Waals surface area contributed by atoms with E-state index in [0.717, 1.165) is 0 Å². The van der Waals surface area contributed by atoms with Crippen LogP contribution in [0.4, 0.5) is 0 Å². The summed E-state index contributed by atoms with van der Waals surface area (Å²) in [5, 5.41) is 6.54. The molecular weight excluding hydrogens is 204 g/mol. The maximum atomic E-state index is 3.97. The van der Waals surface area contributed by atoms with Gasteiger partial charge in [0.05, 0.1) is 10.9 Å². The van der Waals surface area contributed by atoms with Crippen LogP contribution in [0.3, 0.4) is 0 Å². The van der Waals surface area contributed by atoms with E-state index >= 15 is 0 Å². The van der Waals surface area contributed by atoms with Crippen molar-refractivity contribution in [3.8, 4) is 0 Å². The summed E-state index contributed by atoms with van der Waals surface area (Å²) in [5.74, 6) is 0. The predicted octanol–water partition coefficient (Wildman–Crippen LogP) is 2.48. The highest BCUT2D eigenvalue weighted by Gasteiger charge is 2.20. The maximum Gasteiger partial charge on any atom is 0.0950 e. The number of hydrogen-bond acceptors (Lipinski definition) is 6. The fraction of sp³-hybridized carbons (Fsp3) is 0.250. The number of rotatable bonds is 0. The smallest absolute Gasteiger partial charge is 0.0950 e. The molecule has 10 heavy (non-hydrogen) atoms. The number of fused-ring (bicyclic) bond motifs is 1. The topological polar surface area (TPSA) is 24.4 Å². The summed E-state index contributed by atoms with van der Waals surface area (Å²) in [6, 6.07) is 0. The lowest BCUT2D eigenvalue weighted by Crippen LogP contribution is -2.07. The van der Waals surface area contributed by atoms with E-state index in [1.54, 1.807) is 30.4 Å². The molecule has 2 aliphatic rings. The second-order valence-corrected chi connectivity index (χ2v) is 7.53. The van der Waals surface area contributed by atoms with Gasteiger partial charge in [0.25, 0.3) is 0 Å². The second-order valence-electron chi connectivity index (χ2n) is 1.71. The number of nitrogens with zero attached hydrogens (tertiary/aromatic N) is 1. The van der Waals surface area contributed by atoms with Crippen molar-refractivity contribution in [2.75, 3.05) is 0 Å². The molecule has 2 nitrogen and oxygen atoms in total. The Hall–Kier alpha value is 0.610. The van der Waals surface area contributed by atoms with Crippen molar-refractivity contribution >= 4 is 47.5 Å². The van der Waals surface area contributed by atoms with E-state index in [1.165, 1.54) is 5.70 Å². The first kappa shape index (κ1) is 7.27. The first-order valence-corrected chi connectivity index (χ1v) is 7.56. The number of hydrazone groups is 1. The third kappa shape index (κ3) is 1.44. The first-order valence-electron chi connectivity index (χ1n) is 2.61. The lowest BCUT2D eigenvalue weighted by Gasteiger charge is -2.01. The highest BCUT2D eigenvalue weighted by Crippen LogP contribution is 2.50. The summed E-state index contributed by atoms with van der Waals surface area (Å²) in [6.07, 6.45) is 1.94. The molecule has 54 valence electrons. The summed E-state index contributed by atoms with van der Waals surface area (Å²) in [5.41, 5.74) is 4.18. The minimum Gasteiger partial charge on any atom is -0.281 e. The molecule has 0 aromatic heterocycles. The molecule has 0 radical (unpaired) electrons. The van der Waals surface area contributed by atoms with E-state index in [1.807, 2.05) is 17.0 Å². The Kier molecular flexibility index (Phi) is 2.43. The molecule has 2 aliphatic heterocycles. The molecule has 6 heteroatoms. The van der Waals surface area contributed by atoms with Crippen LogP contribution in [0.5, 0.6) is 0 Å². The molecule has 0 aliphatic carbocycles. The van der Waals surface area contributed by atoms with Gasteiger partial charge in [-0.1, -0.05) is 21.6 Å². The summed E-state index contributed by atoms with van der Waals surface area (Å²) >= 11 is 0. The molecule has 2 heterocycles. The van der Waals surface area contributed by atoms with E-state index in [-0.39, 0.29) is 0 Å². The van der Waals surface area contributed by atoms with E-state index in [2.05, 4.69) is 15.9 Å². The van der Waals surface area contributed by atoms with Gasteiger partial charge in [0.1, 0.15) is 0 Å². The van der Waals surface area contributed by atoms with Gasteiger partial charge in [-0.25, -0.2) is 0 Å². The van der Waals surface area contributed by atoms with Crippen LogP contribution in [-0.2, 0) is 0 Å². The fourth-order valence-electron chi connectivity index (χ4n) is 0.639. The van der Waals surface area contributed by atoms with Gasteiger partial charge in [-0.2, -0.15) is 5.10 Å². The van der Waals surface area contributed by atoms with Crippen molar-refractivity contribution in [1.29, 1.82) is 0 Å². The van der Waals surface area contributed by atoms with Crippen LogP contribution < -0.4 is 5.43 Å². The summed E-state index contributed by atoms with van der Waals surface area (Å²) in [6.45, 7) is 0. The van der Waals surface area contributed by atoms with Gasteiger partial charge in [-0.05, 0) is 19.7 Å². The van der Waals surface area contributed by atoms with E-state index in [4.69, 9.17) is 0 Å². The Bertz CT molecular complexity index is 190. The third-order valence-electron chi connectivity index (χ3n) is 1.10. The normalized spacial score (nSPS) is 30.4. The Morgan fingerprint density at radius 3 is 3.50 bits per heavy atom. The van der Waals surface area contributed by atoms with E-state index in [9.17, 15) is 0 Å². The zero-order chi connectivity index (χ0) is 6.81. The van der Waals surface area contributed by atoms with Gasteiger partial charge in [-0.3, -0.25) is 5.43 Å². The molecule has 0 spiro atoms. The minimum absolute atomic E-state index is 0.451. The van der Waals surface area contributed by atoms with Gasteiger partial charge in [0.2, 0.25) is 0 Å². The third-order valence-corrected chi connectivity index (χ3v) is 7.20. The lowest BCUT2D eigenvalue weighted by molar-refractivity contribution is 0.933. The minimum atomic E-state index is 0.451. The summed E-state index contributed by atoms with van der Waals surface area (Å²) < 4.78 is 0. The van der Waals surface area contributed by atoms with Crippen LogP contribution in [0.15, 0.2) is 16.2 Å². The molecule has 0 amide bonds. The molecule has 0 aromatic carbocycles. The monoisotopic (exact) mass is 208 g/mol. The number of nitrogens with one attached hydrogen (secondary N) is 1. The Balaban J connectivity index is 2.15. The Morgan fingerprint density at radius 1 is 1.50 bits per heavy atom. The second kappa shape index (κ2) is 3.34. The zero-order valence-corrected chi connectivity index (χ0v) is 8.08. The van der Waals surface area contributed by atoms with Crippen LogP contribution in [0.25, 0.3) is 0 Å². The predicted molar refractivity (Wildman–Crippen MR) is 53.9 cm³/mol. The molecule has 0 saturated heterocycles. The van der Waals surface area contributed by atoms with Gasteiger partial charge in [0, 0.05) is 11.6 Å². The van der Waals surface area contributed by atoms with Crippen molar-refractivity contribution in [1.82, 2.24) is 5.43 Å². The average molecular weight is 208 g/mol. The summed E-state index contributed by atoms with van der Waals surface area (Å²) in [7, 11) is 7.18. The quantitative estimate of drug-likeness (QED) is 0.617. The summed E-state index contributed by atoms with van der Waals surface area (Å²) in [4.78, 5) is 0. The van der Waals surface area contributed by atoms with Crippen molar-refractivity contribution in [2.24, 2.45) is 5.10 Å². The molecule has 1 N–H and O–H groups in total. The average Bonchev–Trinajstić information content (AvgIpc) is 2.28. The number of hydrogen-bond donors (Lipinski definition) is 1. The molecule has 0 saturated carbocycles. The van der Waals surface area contributed by atoms with Crippen LogP contribution >= 0.6 is 41.2 Å². The molecule has 0 bridgehead atoms. The Labute approximate surface area is 74.2 Å². The molecule has 0 fully saturated rings. The highest BCUT2D eigenvalue weighted by molar-refractivity contribution is 9.26. The molecule has 0 aromatic rings. The van der Waals surface area contributed by atoms with Crippen LogP contribution in [0, 0.1) is 0 Å². The van der Waals surface area contributed by atoms with Crippen molar-refractivity contribution in [3.63, 3.8) is 0 Å². The van der Waals surface area contributed by atoms with Gasteiger partial charge >= 0.3 is 0 Å². The van der Waals surface area contributed by atoms with Crippen molar-refractivity contribution in [3.05, 3.63) is 11.1 Å². The first-order chi connectivity index (χ1) is 4.97. The van der Waals surface area contributed by atoms with E-state index in [0.29, 0.717) is 5.25 Å². The standard InChI is InChI=1S/C4H4N2S4/c1-4-3(6-5-1)2-7-9-10-8-4/h1-2,4,6H. The fourth-order valence-corrected chi connectivity index (χ4v) is 6.31. The lowest BCUT2D eigenvalue weighted by atomic mass is 10.4. The van der Waals surface area contributed by atoms with Crippen LogP contribution in [0.2, 0.25) is 0 Å². The van der Waals surface area contributed by atoms with Gasteiger partial charge in [-0.15, -0.1) is 0 Å². The van der Waals surface area contributed by atoms with Crippen molar-refractivity contribution in [2.45, 2.75) is 5.25 Å². The molecular formula is C4H4N2S4.